The van der Waals surface area contributed by atoms with Crippen molar-refractivity contribution in [1.29, 1.82) is 0 Å². The first-order valence-corrected chi connectivity index (χ1v) is 15.9. The third-order valence-electron chi connectivity index (χ3n) is 6.79. The highest BCUT2D eigenvalue weighted by Gasteiger charge is 2.40. The third-order valence-corrected chi connectivity index (χ3v) is 14.4. The van der Waals surface area contributed by atoms with Gasteiger partial charge in [0.05, 0.1) is 13.0 Å². The van der Waals surface area contributed by atoms with E-state index in [-0.39, 0.29) is 23.9 Å². The standard InChI is InChI=1S/C14H19O3P.C12H17O2P/c1-2-17-14(15)11-13-9-6-10-18(13,16)12-7-4-3-5-8-12;13-9-8-12-7-4-10-15(12,14)11-5-2-1-3-6-11/h3-5,7-8,13H,2,6,9-11H2,1H3;1-3,5-6,12-13H,4,7-10H2/t13-,18+;12-,15+/m11/s1. The van der Waals surface area contributed by atoms with E-state index in [0.29, 0.717) is 19.4 Å². The predicted molar refractivity (Wildman–Crippen MR) is 136 cm³/mol. The Kier molecular flexibility index (Phi) is 9.56. The lowest BCUT2D eigenvalue weighted by atomic mass is 10.2. The molecular weight excluding hydrogens is 454 g/mol. The van der Waals surface area contributed by atoms with E-state index in [1.807, 2.05) is 60.7 Å². The lowest BCUT2D eigenvalue weighted by molar-refractivity contribution is -0.143. The molecule has 2 fully saturated rings. The lowest BCUT2D eigenvalue weighted by Gasteiger charge is -2.20. The van der Waals surface area contributed by atoms with E-state index >= 15 is 0 Å². The molecule has 0 aliphatic carbocycles. The minimum atomic E-state index is -2.41. The molecular formula is C26H36O5P2. The van der Waals surface area contributed by atoms with Crippen molar-refractivity contribution in [2.24, 2.45) is 0 Å². The molecule has 2 aromatic rings. The summed E-state index contributed by atoms with van der Waals surface area (Å²) in [5, 5.41) is 10.9. The number of hydrogen-bond acceptors (Lipinski definition) is 5. The van der Waals surface area contributed by atoms with Gasteiger partial charge in [-0.25, -0.2) is 0 Å². The number of carbonyl (C=O) groups excluding carboxylic acids is 1. The third kappa shape index (κ3) is 6.27. The Morgan fingerprint density at radius 3 is 1.85 bits per heavy atom. The van der Waals surface area contributed by atoms with Gasteiger partial charge in [0.2, 0.25) is 0 Å². The van der Waals surface area contributed by atoms with E-state index in [1.165, 1.54) is 0 Å². The van der Waals surface area contributed by atoms with Crippen molar-refractivity contribution in [3.63, 3.8) is 0 Å². The Morgan fingerprint density at radius 2 is 1.36 bits per heavy atom. The zero-order valence-corrected chi connectivity index (χ0v) is 21.3. The van der Waals surface area contributed by atoms with Crippen LogP contribution in [0.1, 0.15) is 45.4 Å². The number of esters is 1. The molecule has 2 aliphatic heterocycles. The Bertz CT molecular complexity index is 977. The van der Waals surface area contributed by atoms with Gasteiger partial charge >= 0.3 is 5.97 Å². The van der Waals surface area contributed by atoms with Gasteiger partial charge in [-0.15, -0.1) is 0 Å². The average molecular weight is 491 g/mol. The molecule has 4 atom stereocenters. The monoisotopic (exact) mass is 490 g/mol. The van der Waals surface area contributed by atoms with Crippen LogP contribution in [-0.4, -0.2) is 47.9 Å². The lowest BCUT2D eigenvalue weighted by Crippen LogP contribution is -2.19. The topological polar surface area (TPSA) is 80.7 Å². The van der Waals surface area contributed by atoms with Crippen LogP contribution >= 0.6 is 14.3 Å². The van der Waals surface area contributed by atoms with Gasteiger partial charge in [0.1, 0.15) is 14.3 Å². The van der Waals surface area contributed by atoms with Crippen molar-refractivity contribution < 1.29 is 23.8 Å². The summed E-state index contributed by atoms with van der Waals surface area (Å²) >= 11 is 0. The first kappa shape index (κ1) is 25.9. The van der Waals surface area contributed by atoms with Crippen molar-refractivity contribution in [1.82, 2.24) is 0 Å². The highest BCUT2D eigenvalue weighted by Crippen LogP contribution is 2.58. The molecule has 180 valence electrons. The van der Waals surface area contributed by atoms with E-state index in [9.17, 15) is 13.9 Å². The van der Waals surface area contributed by atoms with Gasteiger partial charge in [0.15, 0.2) is 0 Å². The molecule has 0 saturated carbocycles. The van der Waals surface area contributed by atoms with E-state index in [1.54, 1.807) is 6.92 Å². The summed E-state index contributed by atoms with van der Waals surface area (Å²) < 4.78 is 30.9. The molecule has 2 aromatic carbocycles. The predicted octanol–water partition coefficient (Wildman–Crippen LogP) is 5.01. The number of hydrogen-bond donors (Lipinski definition) is 1. The van der Waals surface area contributed by atoms with Gasteiger partial charge in [-0.05, 0) is 39.0 Å². The summed E-state index contributed by atoms with van der Waals surface area (Å²) in [6, 6.07) is 19.4. The number of benzene rings is 2. The molecule has 0 spiro atoms. The molecule has 0 amide bonds. The minimum absolute atomic E-state index is 0.0288. The molecule has 1 N–H and O–H groups in total. The Hall–Kier alpha value is -1.67. The molecule has 2 aliphatic rings. The van der Waals surface area contributed by atoms with Gasteiger partial charge in [0, 0.05) is 40.9 Å². The van der Waals surface area contributed by atoms with Crippen LogP contribution in [0.15, 0.2) is 60.7 Å². The molecule has 33 heavy (non-hydrogen) atoms. The zero-order chi connectivity index (χ0) is 23.7. The fourth-order valence-electron chi connectivity index (χ4n) is 5.11. The second-order valence-electron chi connectivity index (χ2n) is 8.82. The molecule has 0 bridgehead atoms. The normalized spacial score (nSPS) is 28.7. The van der Waals surface area contributed by atoms with Crippen LogP contribution in [0.4, 0.5) is 0 Å². The summed E-state index contributed by atoms with van der Waals surface area (Å²) in [5.74, 6) is -0.222. The maximum atomic E-state index is 13.1. The van der Waals surface area contributed by atoms with E-state index in [4.69, 9.17) is 9.84 Å². The number of aliphatic hydroxyl groups is 1. The highest BCUT2D eigenvalue weighted by molar-refractivity contribution is 7.72. The first-order valence-electron chi connectivity index (χ1n) is 12.0. The second-order valence-corrected chi connectivity index (χ2v) is 15.4. The van der Waals surface area contributed by atoms with Gasteiger partial charge in [-0.2, -0.15) is 0 Å². The quantitative estimate of drug-likeness (QED) is 0.436. The SMILES string of the molecule is CCOC(=O)C[C@H]1CCC[P@]1(=O)c1ccccc1.O=[P@]1(c2ccccc2)CCC[C@@H]1CCO. The van der Waals surface area contributed by atoms with E-state index < -0.39 is 14.3 Å². The van der Waals surface area contributed by atoms with Gasteiger partial charge in [0.25, 0.3) is 0 Å². The maximum Gasteiger partial charge on any atom is 0.306 e. The molecule has 0 radical (unpaired) electrons. The van der Waals surface area contributed by atoms with Crippen LogP contribution < -0.4 is 10.6 Å². The van der Waals surface area contributed by atoms with Crippen molar-refractivity contribution in [3.8, 4) is 0 Å². The van der Waals surface area contributed by atoms with Crippen molar-refractivity contribution in [2.75, 3.05) is 25.5 Å². The molecule has 7 heteroatoms. The molecule has 4 rings (SSSR count). The van der Waals surface area contributed by atoms with Crippen LogP contribution in [0.5, 0.6) is 0 Å². The maximum absolute atomic E-state index is 13.1. The Balaban J connectivity index is 0.000000189. The Labute approximate surface area is 197 Å². The van der Waals surface area contributed by atoms with E-state index in [0.717, 1.165) is 48.6 Å². The van der Waals surface area contributed by atoms with Crippen LogP contribution in [0.3, 0.4) is 0 Å². The molecule has 2 saturated heterocycles. The van der Waals surface area contributed by atoms with Crippen LogP contribution in [0, 0.1) is 0 Å². The number of rotatable bonds is 7. The smallest absolute Gasteiger partial charge is 0.306 e. The minimum Gasteiger partial charge on any atom is -0.466 e. The number of carbonyl (C=O) groups is 1. The van der Waals surface area contributed by atoms with Crippen molar-refractivity contribution in [3.05, 3.63) is 60.7 Å². The highest BCUT2D eigenvalue weighted by atomic mass is 31.2. The molecule has 5 nitrogen and oxygen atoms in total. The van der Waals surface area contributed by atoms with Crippen LogP contribution in [0.25, 0.3) is 0 Å². The average Bonchev–Trinajstić information content (AvgIpc) is 3.40. The summed E-state index contributed by atoms with van der Waals surface area (Å²) in [4.78, 5) is 11.6. The summed E-state index contributed by atoms with van der Waals surface area (Å²) in [6.07, 6.45) is 6.37. The van der Waals surface area contributed by atoms with Gasteiger partial charge < -0.3 is 19.0 Å². The number of aliphatic hydroxyl groups excluding tert-OH is 1. The summed E-state index contributed by atoms with van der Waals surface area (Å²) in [6.45, 7) is 2.34. The molecule has 0 unspecified atom stereocenters. The molecule has 0 aromatic heterocycles. The van der Waals surface area contributed by atoms with Crippen LogP contribution in [-0.2, 0) is 18.7 Å². The number of ether oxygens (including phenoxy) is 1. The van der Waals surface area contributed by atoms with Crippen molar-refractivity contribution in [2.45, 2.75) is 56.8 Å². The van der Waals surface area contributed by atoms with Gasteiger partial charge in [-0.1, -0.05) is 60.7 Å². The summed E-state index contributed by atoms with van der Waals surface area (Å²) in [7, 11) is -4.62. The second kappa shape index (κ2) is 12.2. The van der Waals surface area contributed by atoms with Crippen molar-refractivity contribution >= 4 is 30.9 Å². The Morgan fingerprint density at radius 1 is 0.879 bits per heavy atom. The fraction of sp³-hybridized carbons (Fsp3) is 0.500. The van der Waals surface area contributed by atoms with Gasteiger partial charge in [-0.3, -0.25) is 4.79 Å². The largest absolute Gasteiger partial charge is 0.466 e. The zero-order valence-electron chi connectivity index (χ0n) is 19.5. The van der Waals surface area contributed by atoms with Crippen LogP contribution in [0.2, 0.25) is 0 Å². The summed E-state index contributed by atoms with van der Waals surface area (Å²) in [5.41, 5.74) is 0.184. The molecule has 2 heterocycles. The first-order chi connectivity index (χ1) is 15.9. The van der Waals surface area contributed by atoms with E-state index in [2.05, 4.69) is 0 Å². The fourth-order valence-corrected chi connectivity index (χ4v) is 12.0.